The van der Waals surface area contributed by atoms with Crippen molar-refractivity contribution in [1.82, 2.24) is 20.1 Å². The first-order valence-electron chi connectivity index (χ1n) is 9.71. The molecule has 3 rings (SSSR count). The van der Waals surface area contributed by atoms with Crippen molar-refractivity contribution in [2.24, 2.45) is 0 Å². The molecule has 0 aliphatic heterocycles. The first-order valence-corrected chi connectivity index (χ1v) is 10.5. The average Bonchev–Trinajstić information content (AvgIpc) is 3.26. The second kappa shape index (κ2) is 8.84. The molecule has 0 spiro atoms. The van der Waals surface area contributed by atoms with Gasteiger partial charge in [-0.05, 0) is 59.2 Å². The number of amides is 1. The Balaban J connectivity index is 1.90. The minimum Gasteiger partial charge on any atom is -0.379 e. The van der Waals surface area contributed by atoms with Gasteiger partial charge in [-0.1, -0.05) is 0 Å². The Hall–Kier alpha value is -2.25. The summed E-state index contributed by atoms with van der Waals surface area (Å²) >= 11 is 1.67. The number of thiophene rings is 1. The highest BCUT2D eigenvalue weighted by Gasteiger charge is 2.18. The van der Waals surface area contributed by atoms with Gasteiger partial charge >= 0.3 is 0 Å². The molecule has 0 saturated heterocycles. The summed E-state index contributed by atoms with van der Waals surface area (Å²) in [4.78, 5) is 20.0. The Morgan fingerprint density at radius 3 is 2.71 bits per heavy atom. The van der Waals surface area contributed by atoms with E-state index in [-0.39, 0.29) is 18.1 Å². The third-order valence-corrected chi connectivity index (χ3v) is 5.37. The van der Waals surface area contributed by atoms with Crippen molar-refractivity contribution in [3.63, 3.8) is 0 Å². The second-order valence-electron chi connectivity index (χ2n) is 7.41. The molecule has 6 nitrogen and oxygen atoms in total. The highest BCUT2D eigenvalue weighted by molar-refractivity contribution is 7.15. The molecule has 3 aromatic rings. The van der Waals surface area contributed by atoms with Crippen LogP contribution >= 0.6 is 11.3 Å². The Bertz CT molecular complexity index is 959. The number of nitrogens with zero attached hydrogens (tertiary/aromatic N) is 3. The SMILES string of the molecule is Cc1ccc(-c2cc(C(=O)NCCCOC(C)C)c3cnn(C(C)C)c3n2)s1. The number of nitrogens with one attached hydrogen (secondary N) is 1. The first-order chi connectivity index (χ1) is 13.4. The van der Waals surface area contributed by atoms with E-state index < -0.39 is 0 Å². The van der Waals surface area contributed by atoms with Crippen molar-refractivity contribution >= 4 is 28.3 Å². The number of hydrogen-bond acceptors (Lipinski definition) is 5. The van der Waals surface area contributed by atoms with Crippen LogP contribution < -0.4 is 5.32 Å². The smallest absolute Gasteiger partial charge is 0.252 e. The number of carbonyl (C=O) groups excluding carboxylic acids is 1. The van der Waals surface area contributed by atoms with E-state index in [1.807, 2.05) is 24.6 Å². The van der Waals surface area contributed by atoms with E-state index in [1.165, 1.54) is 4.88 Å². The van der Waals surface area contributed by atoms with E-state index in [1.54, 1.807) is 17.5 Å². The van der Waals surface area contributed by atoms with Crippen LogP contribution in [0.15, 0.2) is 24.4 Å². The maximum Gasteiger partial charge on any atom is 0.252 e. The highest BCUT2D eigenvalue weighted by Crippen LogP contribution is 2.30. The van der Waals surface area contributed by atoms with E-state index >= 15 is 0 Å². The summed E-state index contributed by atoms with van der Waals surface area (Å²) in [5.74, 6) is -0.102. The fraction of sp³-hybridized carbons (Fsp3) is 0.476. The predicted octanol–water partition coefficient (Wildman–Crippen LogP) is 4.59. The van der Waals surface area contributed by atoms with Crippen LogP contribution in [0.1, 0.15) is 55.4 Å². The normalized spacial score (nSPS) is 11.7. The number of ether oxygens (including phenoxy) is 1. The molecule has 1 amide bonds. The monoisotopic (exact) mass is 400 g/mol. The average molecular weight is 401 g/mol. The molecular weight excluding hydrogens is 372 g/mol. The summed E-state index contributed by atoms with van der Waals surface area (Å²) in [5.41, 5.74) is 2.16. The maximum atomic E-state index is 12.9. The van der Waals surface area contributed by atoms with Gasteiger partial charge in [-0.25, -0.2) is 9.67 Å². The largest absolute Gasteiger partial charge is 0.379 e. The molecule has 28 heavy (non-hydrogen) atoms. The number of aryl methyl sites for hydroxylation is 1. The van der Waals surface area contributed by atoms with Gasteiger partial charge in [0.15, 0.2) is 5.65 Å². The summed E-state index contributed by atoms with van der Waals surface area (Å²) in [6.45, 7) is 11.4. The van der Waals surface area contributed by atoms with Crippen LogP contribution in [0.25, 0.3) is 21.6 Å². The molecule has 3 heterocycles. The van der Waals surface area contributed by atoms with Gasteiger partial charge in [-0.2, -0.15) is 5.10 Å². The fourth-order valence-electron chi connectivity index (χ4n) is 2.97. The molecule has 0 radical (unpaired) electrons. The zero-order valence-corrected chi connectivity index (χ0v) is 18.0. The fourth-order valence-corrected chi connectivity index (χ4v) is 3.80. The van der Waals surface area contributed by atoms with Gasteiger partial charge in [-0.15, -0.1) is 11.3 Å². The number of pyridine rings is 1. The van der Waals surface area contributed by atoms with Crippen LogP contribution in [0.4, 0.5) is 0 Å². The van der Waals surface area contributed by atoms with Crippen molar-refractivity contribution in [1.29, 1.82) is 0 Å². The predicted molar refractivity (Wildman–Crippen MR) is 114 cm³/mol. The van der Waals surface area contributed by atoms with Gasteiger partial charge < -0.3 is 10.1 Å². The van der Waals surface area contributed by atoms with Gasteiger partial charge in [0, 0.05) is 24.1 Å². The van der Waals surface area contributed by atoms with Crippen LogP contribution in [0.5, 0.6) is 0 Å². The van der Waals surface area contributed by atoms with E-state index in [2.05, 4.69) is 43.3 Å². The standard InChI is InChI=1S/C21H28N4O2S/c1-13(2)25-20-17(12-23-25)16(21(26)22-9-6-10-27-14(3)4)11-18(24-20)19-8-7-15(5)28-19/h7-8,11-14H,6,9-10H2,1-5H3,(H,22,26). The van der Waals surface area contributed by atoms with Crippen molar-refractivity contribution in [3.05, 3.63) is 34.8 Å². The van der Waals surface area contributed by atoms with Crippen LogP contribution in [0.2, 0.25) is 0 Å². The minimum atomic E-state index is -0.102. The van der Waals surface area contributed by atoms with Crippen LogP contribution in [0, 0.1) is 6.92 Å². The molecule has 1 N–H and O–H groups in total. The van der Waals surface area contributed by atoms with Crippen molar-refractivity contribution < 1.29 is 9.53 Å². The Labute approximate surface area is 169 Å². The number of hydrogen-bond donors (Lipinski definition) is 1. The lowest BCUT2D eigenvalue weighted by Gasteiger charge is -2.11. The third-order valence-electron chi connectivity index (χ3n) is 4.35. The molecule has 3 aromatic heterocycles. The summed E-state index contributed by atoms with van der Waals surface area (Å²) < 4.78 is 7.40. The second-order valence-corrected chi connectivity index (χ2v) is 8.70. The van der Waals surface area contributed by atoms with Crippen molar-refractivity contribution in [2.75, 3.05) is 13.2 Å². The van der Waals surface area contributed by atoms with Gasteiger partial charge in [0.05, 0.1) is 33.8 Å². The topological polar surface area (TPSA) is 69.0 Å². The lowest BCUT2D eigenvalue weighted by molar-refractivity contribution is 0.0757. The van der Waals surface area contributed by atoms with Crippen molar-refractivity contribution in [2.45, 2.75) is 53.2 Å². The van der Waals surface area contributed by atoms with Crippen LogP contribution in [-0.2, 0) is 4.74 Å². The molecule has 0 aliphatic carbocycles. The molecule has 0 unspecified atom stereocenters. The lowest BCUT2D eigenvalue weighted by Crippen LogP contribution is -2.26. The molecule has 0 saturated carbocycles. The molecule has 0 atom stereocenters. The summed E-state index contributed by atoms with van der Waals surface area (Å²) in [7, 11) is 0. The summed E-state index contributed by atoms with van der Waals surface area (Å²) in [5, 5.41) is 8.25. The summed E-state index contributed by atoms with van der Waals surface area (Å²) in [6, 6.07) is 6.16. The highest BCUT2D eigenvalue weighted by atomic mass is 32.1. The van der Waals surface area contributed by atoms with Gasteiger partial charge in [0.1, 0.15) is 0 Å². The summed E-state index contributed by atoms with van der Waals surface area (Å²) in [6.07, 6.45) is 2.72. The number of carbonyl (C=O) groups is 1. The number of rotatable bonds is 8. The van der Waals surface area contributed by atoms with Crippen LogP contribution in [-0.4, -0.2) is 39.9 Å². The van der Waals surface area contributed by atoms with Gasteiger partial charge in [0.2, 0.25) is 0 Å². The van der Waals surface area contributed by atoms with Crippen LogP contribution in [0.3, 0.4) is 0 Å². The number of fused-ring (bicyclic) bond motifs is 1. The molecule has 0 aliphatic rings. The zero-order valence-electron chi connectivity index (χ0n) is 17.2. The zero-order chi connectivity index (χ0) is 20.3. The molecular formula is C21H28N4O2S. The third kappa shape index (κ3) is 4.59. The Morgan fingerprint density at radius 1 is 1.29 bits per heavy atom. The van der Waals surface area contributed by atoms with E-state index in [9.17, 15) is 4.79 Å². The quantitative estimate of drug-likeness (QED) is 0.561. The molecule has 0 bridgehead atoms. The Morgan fingerprint density at radius 2 is 2.07 bits per heavy atom. The molecule has 150 valence electrons. The van der Waals surface area contributed by atoms with E-state index in [0.717, 1.165) is 28.0 Å². The van der Waals surface area contributed by atoms with Gasteiger partial charge in [0.25, 0.3) is 5.91 Å². The molecule has 0 fully saturated rings. The minimum absolute atomic E-state index is 0.102. The van der Waals surface area contributed by atoms with E-state index in [4.69, 9.17) is 9.72 Å². The first kappa shape index (κ1) is 20.5. The maximum absolute atomic E-state index is 12.9. The Kier molecular flexibility index (Phi) is 6.46. The lowest BCUT2D eigenvalue weighted by atomic mass is 10.1. The van der Waals surface area contributed by atoms with E-state index in [0.29, 0.717) is 18.7 Å². The molecule has 7 heteroatoms. The van der Waals surface area contributed by atoms with Gasteiger partial charge in [-0.3, -0.25) is 4.79 Å². The van der Waals surface area contributed by atoms with Crippen molar-refractivity contribution in [3.8, 4) is 10.6 Å². The molecule has 0 aromatic carbocycles. The number of aromatic nitrogens is 3.